The first-order valence-corrected chi connectivity index (χ1v) is 10.1. The average molecular weight is 393 g/mol. The quantitative estimate of drug-likeness (QED) is 0.273. The molecule has 0 unspecified atom stereocenters. The van der Waals surface area contributed by atoms with Crippen LogP contribution in [-0.2, 0) is 0 Å². The summed E-state index contributed by atoms with van der Waals surface area (Å²) in [5.74, 6) is 1.37. The van der Waals surface area contributed by atoms with E-state index >= 15 is 0 Å². The number of halogens is 1. The van der Waals surface area contributed by atoms with Crippen LogP contribution in [0.5, 0.6) is 5.75 Å². The van der Waals surface area contributed by atoms with E-state index in [0.29, 0.717) is 18.9 Å². The molecule has 0 atom stereocenters. The molecule has 0 aliphatic rings. The molecule has 144 valence electrons. The summed E-state index contributed by atoms with van der Waals surface area (Å²) in [6.07, 6.45) is 1.41. The first-order valence-electron chi connectivity index (χ1n) is 9.57. The molecular weight excluding hydrogens is 368 g/mol. The summed E-state index contributed by atoms with van der Waals surface area (Å²) in [7, 11) is 0. The molecule has 0 fully saturated rings. The Morgan fingerprint density at radius 1 is 0.750 bits per heavy atom. The largest absolute Gasteiger partial charge is 0.494 e. The Labute approximate surface area is 172 Å². The third kappa shape index (κ3) is 5.25. The highest BCUT2D eigenvalue weighted by atomic mass is 35.5. The van der Waals surface area contributed by atoms with E-state index in [2.05, 4.69) is 60.7 Å². The minimum absolute atomic E-state index is 0.137. The normalized spacial score (nSPS) is 11.8. The minimum atomic E-state index is 0.137. The Hall–Kier alpha value is -2.55. The van der Waals surface area contributed by atoms with Gasteiger partial charge >= 0.3 is 0 Å². The van der Waals surface area contributed by atoms with E-state index in [1.165, 1.54) is 22.3 Å². The van der Waals surface area contributed by atoms with Gasteiger partial charge in [0.15, 0.2) is 0 Å². The maximum absolute atomic E-state index is 8.91. The van der Waals surface area contributed by atoms with Crippen LogP contribution in [-0.4, -0.2) is 24.2 Å². The third-order valence-corrected chi connectivity index (χ3v) is 4.73. The van der Waals surface area contributed by atoms with Crippen molar-refractivity contribution in [2.75, 3.05) is 19.1 Å². The topological polar surface area (TPSA) is 29.5 Å². The maximum Gasteiger partial charge on any atom is 0.119 e. The van der Waals surface area contributed by atoms with Gasteiger partial charge in [0.25, 0.3) is 0 Å². The standard InChI is InChI=1S/C25H25ClO2/c26-17-16-24(20-8-3-1-4-9-20)25(21-10-5-2-6-11-21)22-12-14-23(15-13-22)28-19-7-18-27/h1-6,8-15,27H,7,16-19H2/b25-24-. The van der Waals surface area contributed by atoms with Gasteiger partial charge in [0.2, 0.25) is 0 Å². The Morgan fingerprint density at radius 2 is 1.32 bits per heavy atom. The van der Waals surface area contributed by atoms with Crippen molar-refractivity contribution in [3.8, 4) is 5.75 Å². The molecule has 3 aromatic carbocycles. The molecule has 28 heavy (non-hydrogen) atoms. The first kappa shape index (κ1) is 20.2. The molecule has 0 aliphatic carbocycles. The maximum atomic E-state index is 8.91. The van der Waals surface area contributed by atoms with E-state index in [9.17, 15) is 0 Å². The molecule has 0 radical (unpaired) electrons. The van der Waals surface area contributed by atoms with Gasteiger partial charge in [-0.2, -0.15) is 0 Å². The second kappa shape index (κ2) is 10.7. The van der Waals surface area contributed by atoms with Crippen molar-refractivity contribution < 1.29 is 9.84 Å². The highest BCUT2D eigenvalue weighted by molar-refractivity contribution is 6.18. The number of alkyl halides is 1. The predicted molar refractivity (Wildman–Crippen MR) is 118 cm³/mol. The van der Waals surface area contributed by atoms with Crippen LogP contribution in [0.25, 0.3) is 11.1 Å². The van der Waals surface area contributed by atoms with Gasteiger partial charge in [0.1, 0.15) is 5.75 Å². The number of hydrogen-bond acceptors (Lipinski definition) is 2. The van der Waals surface area contributed by atoms with E-state index in [-0.39, 0.29) is 6.61 Å². The van der Waals surface area contributed by atoms with Crippen molar-refractivity contribution >= 4 is 22.7 Å². The summed E-state index contributed by atoms with van der Waals surface area (Å²) in [4.78, 5) is 0. The van der Waals surface area contributed by atoms with Gasteiger partial charge < -0.3 is 9.84 Å². The number of benzene rings is 3. The highest BCUT2D eigenvalue weighted by Gasteiger charge is 2.14. The summed E-state index contributed by atoms with van der Waals surface area (Å²) in [5.41, 5.74) is 5.90. The molecule has 3 rings (SSSR count). The number of aliphatic hydroxyl groups is 1. The van der Waals surface area contributed by atoms with E-state index in [1.807, 2.05) is 24.3 Å². The summed E-state index contributed by atoms with van der Waals surface area (Å²) < 4.78 is 5.68. The lowest BCUT2D eigenvalue weighted by Gasteiger charge is -2.17. The molecular formula is C25H25ClO2. The van der Waals surface area contributed by atoms with Crippen LogP contribution in [0.15, 0.2) is 84.9 Å². The van der Waals surface area contributed by atoms with Crippen LogP contribution >= 0.6 is 11.6 Å². The molecule has 1 N–H and O–H groups in total. The van der Waals surface area contributed by atoms with Crippen LogP contribution in [0.1, 0.15) is 29.5 Å². The van der Waals surface area contributed by atoms with Crippen molar-refractivity contribution in [1.82, 2.24) is 0 Å². The van der Waals surface area contributed by atoms with Crippen LogP contribution in [0.2, 0.25) is 0 Å². The lowest BCUT2D eigenvalue weighted by atomic mass is 9.88. The second-order valence-electron chi connectivity index (χ2n) is 6.47. The van der Waals surface area contributed by atoms with Gasteiger partial charge in [-0.1, -0.05) is 72.8 Å². The molecule has 0 aliphatic heterocycles. The van der Waals surface area contributed by atoms with Gasteiger partial charge in [-0.05, 0) is 46.4 Å². The SMILES string of the molecule is OCCCOc1ccc(/C(=C(/CCCl)c2ccccc2)c2ccccc2)cc1. The Kier molecular flexibility index (Phi) is 7.71. The Morgan fingerprint density at radius 3 is 1.89 bits per heavy atom. The van der Waals surface area contributed by atoms with Gasteiger partial charge in [-0.3, -0.25) is 0 Å². The van der Waals surface area contributed by atoms with Crippen molar-refractivity contribution in [2.24, 2.45) is 0 Å². The number of rotatable bonds is 9. The molecule has 0 saturated carbocycles. The van der Waals surface area contributed by atoms with E-state index in [0.717, 1.165) is 17.7 Å². The van der Waals surface area contributed by atoms with Gasteiger partial charge in [0.05, 0.1) is 6.61 Å². The zero-order valence-corrected chi connectivity index (χ0v) is 16.6. The van der Waals surface area contributed by atoms with Crippen molar-refractivity contribution in [3.05, 3.63) is 102 Å². The Bertz CT molecular complexity index is 871. The van der Waals surface area contributed by atoms with Gasteiger partial charge in [-0.15, -0.1) is 11.6 Å². The fourth-order valence-electron chi connectivity index (χ4n) is 3.24. The summed E-state index contributed by atoms with van der Waals surface area (Å²) in [5, 5.41) is 8.91. The minimum Gasteiger partial charge on any atom is -0.494 e. The summed E-state index contributed by atoms with van der Waals surface area (Å²) >= 11 is 6.19. The van der Waals surface area contributed by atoms with Crippen LogP contribution < -0.4 is 4.74 Å². The molecule has 0 saturated heterocycles. The summed E-state index contributed by atoms with van der Waals surface area (Å²) in [6.45, 7) is 0.649. The van der Waals surface area contributed by atoms with Crippen molar-refractivity contribution in [2.45, 2.75) is 12.8 Å². The van der Waals surface area contributed by atoms with Crippen molar-refractivity contribution in [3.63, 3.8) is 0 Å². The van der Waals surface area contributed by atoms with Crippen LogP contribution in [0.4, 0.5) is 0 Å². The van der Waals surface area contributed by atoms with Crippen molar-refractivity contribution in [1.29, 1.82) is 0 Å². The molecule has 0 bridgehead atoms. The van der Waals surface area contributed by atoms with Crippen LogP contribution in [0, 0.1) is 0 Å². The summed E-state index contributed by atoms with van der Waals surface area (Å²) in [6, 6.07) is 29.0. The second-order valence-corrected chi connectivity index (χ2v) is 6.85. The smallest absolute Gasteiger partial charge is 0.119 e. The fraction of sp³-hybridized carbons (Fsp3) is 0.200. The fourth-order valence-corrected chi connectivity index (χ4v) is 3.43. The number of ether oxygens (including phenoxy) is 1. The predicted octanol–water partition coefficient (Wildman–Crippen LogP) is 6.04. The number of allylic oxidation sites excluding steroid dienone is 1. The van der Waals surface area contributed by atoms with E-state index in [4.69, 9.17) is 21.4 Å². The molecule has 0 aromatic heterocycles. The lowest BCUT2D eigenvalue weighted by Crippen LogP contribution is -2.00. The van der Waals surface area contributed by atoms with E-state index < -0.39 is 0 Å². The van der Waals surface area contributed by atoms with E-state index in [1.54, 1.807) is 0 Å². The molecule has 0 spiro atoms. The molecule has 0 heterocycles. The first-order chi connectivity index (χ1) is 13.8. The average Bonchev–Trinajstić information content (AvgIpc) is 2.76. The van der Waals surface area contributed by atoms with Gasteiger partial charge in [-0.25, -0.2) is 0 Å². The zero-order chi connectivity index (χ0) is 19.6. The number of hydrogen-bond donors (Lipinski definition) is 1. The lowest BCUT2D eigenvalue weighted by molar-refractivity contribution is 0.233. The number of aliphatic hydroxyl groups excluding tert-OH is 1. The van der Waals surface area contributed by atoms with Crippen LogP contribution in [0.3, 0.4) is 0 Å². The zero-order valence-electron chi connectivity index (χ0n) is 15.9. The molecule has 2 nitrogen and oxygen atoms in total. The molecule has 3 aromatic rings. The van der Waals surface area contributed by atoms with Gasteiger partial charge in [0, 0.05) is 18.9 Å². The Balaban J connectivity index is 2.07. The monoisotopic (exact) mass is 392 g/mol. The highest BCUT2D eigenvalue weighted by Crippen LogP contribution is 2.35. The molecule has 3 heteroatoms. The molecule has 0 amide bonds. The third-order valence-electron chi connectivity index (χ3n) is 4.55.